The molecule has 0 atom stereocenters. The van der Waals surface area contributed by atoms with Gasteiger partial charge in [0.15, 0.2) is 0 Å². The van der Waals surface area contributed by atoms with Gasteiger partial charge in [-0.2, -0.15) is 5.10 Å². The third kappa shape index (κ3) is 4.66. The quantitative estimate of drug-likeness (QED) is 0.412. The Bertz CT molecular complexity index is 947. The lowest BCUT2D eigenvalue weighted by Crippen LogP contribution is -2.17. The highest BCUT2D eigenvalue weighted by atomic mass is 16.5. The van der Waals surface area contributed by atoms with E-state index in [1.54, 1.807) is 61.7 Å². The summed E-state index contributed by atoms with van der Waals surface area (Å²) in [7, 11) is 0. The number of furan rings is 1. The van der Waals surface area contributed by atoms with Crippen molar-refractivity contribution in [3.63, 3.8) is 0 Å². The fourth-order valence-corrected chi connectivity index (χ4v) is 2.28. The number of nitrogens with zero attached hydrogens (tertiary/aromatic N) is 2. The number of carbonyl (C=O) groups excluding carboxylic acids is 2. The molecule has 0 radical (unpaired) electrons. The van der Waals surface area contributed by atoms with Gasteiger partial charge in [-0.3, -0.25) is 9.78 Å². The normalized spacial score (nSPS) is 10.7. The lowest BCUT2D eigenvalue weighted by molar-refractivity contribution is 0.0526. The fourth-order valence-electron chi connectivity index (χ4n) is 2.28. The van der Waals surface area contributed by atoms with Crippen LogP contribution in [0.3, 0.4) is 0 Å². The number of nitrogens with one attached hydrogen (secondary N) is 1. The number of benzene rings is 1. The Morgan fingerprint density at radius 3 is 2.67 bits per heavy atom. The largest absolute Gasteiger partial charge is 0.462 e. The Morgan fingerprint density at radius 1 is 1.15 bits per heavy atom. The van der Waals surface area contributed by atoms with Crippen molar-refractivity contribution in [2.24, 2.45) is 5.10 Å². The van der Waals surface area contributed by atoms with Crippen LogP contribution in [-0.2, 0) is 4.74 Å². The average molecular weight is 363 g/mol. The molecule has 0 aliphatic rings. The number of pyridine rings is 1. The minimum absolute atomic E-state index is 0.332. The Morgan fingerprint density at radius 2 is 1.96 bits per heavy atom. The lowest BCUT2D eigenvalue weighted by Gasteiger charge is -2.02. The van der Waals surface area contributed by atoms with E-state index < -0.39 is 0 Å². The first-order valence-electron chi connectivity index (χ1n) is 8.28. The van der Waals surface area contributed by atoms with E-state index >= 15 is 0 Å². The summed E-state index contributed by atoms with van der Waals surface area (Å²) in [6, 6.07) is 13.7. The first kappa shape index (κ1) is 18.1. The molecule has 1 N–H and O–H groups in total. The maximum absolute atomic E-state index is 11.9. The predicted octanol–water partition coefficient (Wildman–Crippen LogP) is 3.28. The van der Waals surface area contributed by atoms with E-state index in [2.05, 4.69) is 15.5 Å². The summed E-state index contributed by atoms with van der Waals surface area (Å²) in [5.41, 5.74) is 4.11. The van der Waals surface area contributed by atoms with Gasteiger partial charge in [-0.05, 0) is 43.3 Å². The highest BCUT2D eigenvalue weighted by Gasteiger charge is 2.08. The van der Waals surface area contributed by atoms with Gasteiger partial charge >= 0.3 is 5.97 Å². The maximum atomic E-state index is 11.9. The standard InChI is InChI=1S/C20H17N3O4/c1-2-26-20(25)15-7-5-14(6-8-15)18-10-9-17(27-18)13-22-23-19(24)16-4-3-11-21-12-16/h3-13H,2H2,1H3,(H,23,24)/b22-13-. The second-order valence-electron chi connectivity index (χ2n) is 5.44. The zero-order valence-corrected chi connectivity index (χ0v) is 14.6. The van der Waals surface area contributed by atoms with E-state index in [1.807, 2.05) is 0 Å². The van der Waals surface area contributed by atoms with Gasteiger partial charge in [0.05, 0.1) is 23.9 Å². The second kappa shape index (κ2) is 8.57. The van der Waals surface area contributed by atoms with Crippen LogP contribution in [-0.4, -0.2) is 29.7 Å². The van der Waals surface area contributed by atoms with E-state index in [0.717, 1.165) is 5.56 Å². The summed E-state index contributed by atoms with van der Waals surface area (Å²) in [5, 5.41) is 3.88. The van der Waals surface area contributed by atoms with Crippen molar-refractivity contribution >= 4 is 18.1 Å². The SMILES string of the molecule is CCOC(=O)c1ccc(-c2ccc(/C=N\NC(=O)c3cccnc3)o2)cc1. The van der Waals surface area contributed by atoms with Gasteiger partial charge in [-0.1, -0.05) is 12.1 Å². The van der Waals surface area contributed by atoms with Crippen LogP contribution in [0.5, 0.6) is 0 Å². The van der Waals surface area contributed by atoms with Crippen molar-refractivity contribution in [2.75, 3.05) is 6.61 Å². The number of esters is 1. The molecule has 0 aliphatic heterocycles. The van der Waals surface area contributed by atoms with Gasteiger partial charge in [0.2, 0.25) is 0 Å². The van der Waals surface area contributed by atoms with Crippen LogP contribution in [0, 0.1) is 0 Å². The minimum Gasteiger partial charge on any atom is -0.462 e. The smallest absolute Gasteiger partial charge is 0.338 e. The van der Waals surface area contributed by atoms with Crippen molar-refractivity contribution in [1.29, 1.82) is 0 Å². The topological polar surface area (TPSA) is 93.8 Å². The molecule has 3 aromatic rings. The maximum Gasteiger partial charge on any atom is 0.338 e. The summed E-state index contributed by atoms with van der Waals surface area (Å²) in [6.07, 6.45) is 4.45. The third-order valence-electron chi connectivity index (χ3n) is 3.59. The van der Waals surface area contributed by atoms with Crippen LogP contribution in [0.2, 0.25) is 0 Å². The summed E-state index contributed by atoms with van der Waals surface area (Å²) < 4.78 is 10.6. The van der Waals surface area contributed by atoms with Crippen molar-refractivity contribution < 1.29 is 18.7 Å². The molecule has 2 heterocycles. The average Bonchev–Trinajstić information content (AvgIpc) is 3.18. The van der Waals surface area contributed by atoms with Crippen LogP contribution in [0.1, 0.15) is 33.4 Å². The van der Waals surface area contributed by atoms with E-state index in [0.29, 0.717) is 29.3 Å². The minimum atomic E-state index is -0.360. The first-order chi connectivity index (χ1) is 13.2. The molecule has 0 fully saturated rings. The van der Waals surface area contributed by atoms with Crippen LogP contribution in [0.15, 0.2) is 70.4 Å². The molecule has 27 heavy (non-hydrogen) atoms. The molecule has 1 amide bonds. The van der Waals surface area contributed by atoms with Crippen molar-refractivity contribution in [1.82, 2.24) is 10.4 Å². The zero-order chi connectivity index (χ0) is 19.1. The van der Waals surface area contributed by atoms with Crippen molar-refractivity contribution in [3.05, 3.63) is 77.8 Å². The lowest BCUT2D eigenvalue weighted by atomic mass is 10.1. The number of rotatable bonds is 6. The Kier molecular flexibility index (Phi) is 5.73. The molecule has 0 spiro atoms. The molecule has 0 bridgehead atoms. The Hall–Kier alpha value is -3.74. The molecule has 7 heteroatoms. The molecule has 136 valence electrons. The number of carbonyl (C=O) groups is 2. The number of aromatic nitrogens is 1. The van der Waals surface area contributed by atoms with Crippen LogP contribution in [0.25, 0.3) is 11.3 Å². The van der Waals surface area contributed by atoms with Crippen LogP contribution in [0.4, 0.5) is 0 Å². The molecule has 0 unspecified atom stereocenters. The van der Waals surface area contributed by atoms with Gasteiger partial charge in [0, 0.05) is 18.0 Å². The first-order valence-corrected chi connectivity index (χ1v) is 8.28. The number of hydrogen-bond acceptors (Lipinski definition) is 6. The fraction of sp³-hybridized carbons (Fsp3) is 0.100. The van der Waals surface area contributed by atoms with E-state index in [4.69, 9.17) is 9.15 Å². The molecular weight excluding hydrogens is 346 g/mol. The van der Waals surface area contributed by atoms with E-state index in [9.17, 15) is 9.59 Å². The van der Waals surface area contributed by atoms with Crippen LogP contribution < -0.4 is 5.43 Å². The second-order valence-corrected chi connectivity index (χ2v) is 5.44. The molecule has 2 aromatic heterocycles. The van der Waals surface area contributed by atoms with Crippen LogP contribution >= 0.6 is 0 Å². The van der Waals surface area contributed by atoms with Gasteiger partial charge in [0.25, 0.3) is 5.91 Å². The predicted molar refractivity (Wildman–Crippen MR) is 99.4 cm³/mol. The molecule has 0 aliphatic carbocycles. The number of hydrogen-bond donors (Lipinski definition) is 1. The highest BCUT2D eigenvalue weighted by molar-refractivity contribution is 5.94. The molecule has 0 saturated carbocycles. The molecule has 0 saturated heterocycles. The van der Waals surface area contributed by atoms with E-state index in [-0.39, 0.29) is 11.9 Å². The Balaban J connectivity index is 1.63. The molecule has 3 rings (SSSR count). The van der Waals surface area contributed by atoms with Gasteiger partial charge in [-0.25, -0.2) is 10.2 Å². The molecule has 1 aromatic carbocycles. The summed E-state index contributed by atoms with van der Waals surface area (Å²) in [4.78, 5) is 27.4. The molecular formula is C20H17N3O4. The summed E-state index contributed by atoms with van der Waals surface area (Å²) >= 11 is 0. The summed E-state index contributed by atoms with van der Waals surface area (Å²) in [6.45, 7) is 2.09. The van der Waals surface area contributed by atoms with Gasteiger partial charge in [-0.15, -0.1) is 0 Å². The number of ether oxygens (including phenoxy) is 1. The van der Waals surface area contributed by atoms with Crippen molar-refractivity contribution in [2.45, 2.75) is 6.92 Å². The van der Waals surface area contributed by atoms with Crippen molar-refractivity contribution in [3.8, 4) is 11.3 Å². The molecule has 7 nitrogen and oxygen atoms in total. The Labute approximate surface area is 155 Å². The van der Waals surface area contributed by atoms with Gasteiger partial charge in [0.1, 0.15) is 11.5 Å². The third-order valence-corrected chi connectivity index (χ3v) is 3.59. The van der Waals surface area contributed by atoms with E-state index in [1.165, 1.54) is 12.4 Å². The zero-order valence-electron chi connectivity index (χ0n) is 14.6. The van der Waals surface area contributed by atoms with Gasteiger partial charge < -0.3 is 9.15 Å². The monoisotopic (exact) mass is 363 g/mol. The highest BCUT2D eigenvalue weighted by Crippen LogP contribution is 2.22. The summed E-state index contributed by atoms with van der Waals surface area (Å²) in [5.74, 6) is 0.373. The number of hydrazone groups is 1. The number of amides is 1.